The van der Waals surface area contributed by atoms with E-state index in [4.69, 9.17) is 11.6 Å². The van der Waals surface area contributed by atoms with Crippen molar-refractivity contribution in [3.05, 3.63) is 30.1 Å². The van der Waals surface area contributed by atoms with Crippen LogP contribution in [0, 0.1) is 0 Å². The van der Waals surface area contributed by atoms with Crippen molar-refractivity contribution in [3.8, 4) is 0 Å². The molecule has 1 aromatic rings. The predicted molar refractivity (Wildman–Crippen MR) is 60.7 cm³/mol. The molecule has 0 bridgehead atoms. The van der Waals surface area contributed by atoms with Crippen molar-refractivity contribution in [1.29, 1.82) is 0 Å². The van der Waals surface area contributed by atoms with E-state index in [0.29, 0.717) is 18.7 Å². The minimum absolute atomic E-state index is 0.0220. The molecule has 1 rings (SSSR count). The van der Waals surface area contributed by atoms with Crippen LogP contribution in [0.2, 0.25) is 0 Å². The maximum absolute atomic E-state index is 11.4. The van der Waals surface area contributed by atoms with Crippen LogP contribution in [-0.2, 0) is 4.79 Å². The first-order chi connectivity index (χ1) is 7.24. The Morgan fingerprint density at radius 1 is 1.60 bits per heavy atom. The zero-order chi connectivity index (χ0) is 11.1. The average Bonchev–Trinajstić information content (AvgIpc) is 2.27. The van der Waals surface area contributed by atoms with Crippen LogP contribution in [-0.4, -0.2) is 16.8 Å². The standard InChI is InChI=1S/C11H15ClN2O/c1-9(10-5-2-3-8-13-10)14-11(15)6-4-7-12/h2-3,5,8-9H,4,6-7H2,1H3,(H,14,15)/t9-/m0/s1. The number of nitrogens with one attached hydrogen (secondary N) is 1. The first-order valence-corrected chi connectivity index (χ1v) is 5.53. The first-order valence-electron chi connectivity index (χ1n) is 5.00. The summed E-state index contributed by atoms with van der Waals surface area (Å²) in [6.45, 7) is 1.92. The number of halogens is 1. The Bertz CT molecular complexity index is 303. The number of aromatic nitrogens is 1. The maximum Gasteiger partial charge on any atom is 0.220 e. The van der Waals surface area contributed by atoms with E-state index in [2.05, 4.69) is 10.3 Å². The number of carbonyl (C=O) groups is 1. The third kappa shape index (κ3) is 4.30. The number of hydrogen-bond donors (Lipinski definition) is 1. The summed E-state index contributed by atoms with van der Waals surface area (Å²) in [6, 6.07) is 5.61. The van der Waals surface area contributed by atoms with Gasteiger partial charge in [-0.25, -0.2) is 0 Å². The molecule has 1 amide bonds. The average molecular weight is 227 g/mol. The number of amides is 1. The van der Waals surface area contributed by atoms with E-state index in [1.54, 1.807) is 6.20 Å². The fourth-order valence-corrected chi connectivity index (χ4v) is 1.38. The minimum Gasteiger partial charge on any atom is -0.348 e. The summed E-state index contributed by atoms with van der Waals surface area (Å²) in [4.78, 5) is 15.6. The second-order valence-corrected chi connectivity index (χ2v) is 3.71. The van der Waals surface area contributed by atoms with Gasteiger partial charge in [0.1, 0.15) is 0 Å². The van der Waals surface area contributed by atoms with Gasteiger partial charge in [0.25, 0.3) is 0 Å². The van der Waals surface area contributed by atoms with Crippen molar-refractivity contribution in [2.24, 2.45) is 0 Å². The summed E-state index contributed by atoms with van der Waals surface area (Å²) in [6.07, 6.45) is 2.90. The predicted octanol–water partition coefficient (Wildman–Crippen LogP) is 2.28. The Labute approximate surface area is 94.9 Å². The van der Waals surface area contributed by atoms with E-state index in [-0.39, 0.29) is 11.9 Å². The Hall–Kier alpha value is -1.09. The van der Waals surface area contributed by atoms with Gasteiger partial charge in [-0.1, -0.05) is 6.07 Å². The monoisotopic (exact) mass is 226 g/mol. The summed E-state index contributed by atoms with van der Waals surface area (Å²) in [5.74, 6) is 0.541. The van der Waals surface area contributed by atoms with E-state index in [1.165, 1.54) is 0 Å². The Balaban J connectivity index is 2.42. The van der Waals surface area contributed by atoms with Crippen LogP contribution in [0.5, 0.6) is 0 Å². The van der Waals surface area contributed by atoms with Gasteiger partial charge in [0.05, 0.1) is 11.7 Å². The number of pyridine rings is 1. The van der Waals surface area contributed by atoms with E-state index >= 15 is 0 Å². The van der Waals surface area contributed by atoms with Gasteiger partial charge >= 0.3 is 0 Å². The van der Waals surface area contributed by atoms with Crippen molar-refractivity contribution in [3.63, 3.8) is 0 Å². The third-order valence-electron chi connectivity index (χ3n) is 2.05. The lowest BCUT2D eigenvalue weighted by molar-refractivity contribution is -0.121. The van der Waals surface area contributed by atoms with E-state index in [0.717, 1.165) is 5.69 Å². The molecule has 0 radical (unpaired) electrons. The fraction of sp³-hybridized carbons (Fsp3) is 0.455. The zero-order valence-electron chi connectivity index (χ0n) is 8.74. The Kier molecular flexibility index (Phi) is 5.12. The van der Waals surface area contributed by atoms with E-state index in [1.807, 2.05) is 25.1 Å². The SMILES string of the molecule is C[C@H](NC(=O)CCCCl)c1ccccn1. The van der Waals surface area contributed by atoms with Crippen LogP contribution in [0.25, 0.3) is 0 Å². The first kappa shape index (κ1) is 12.0. The molecule has 1 aromatic heterocycles. The van der Waals surface area contributed by atoms with Gasteiger partial charge < -0.3 is 5.32 Å². The topological polar surface area (TPSA) is 42.0 Å². The van der Waals surface area contributed by atoms with Crippen molar-refractivity contribution >= 4 is 17.5 Å². The van der Waals surface area contributed by atoms with Gasteiger partial charge in [0.2, 0.25) is 5.91 Å². The Morgan fingerprint density at radius 2 is 2.40 bits per heavy atom. The molecule has 0 aliphatic carbocycles. The molecular weight excluding hydrogens is 212 g/mol. The van der Waals surface area contributed by atoms with Crippen LogP contribution in [0.3, 0.4) is 0 Å². The molecule has 0 unspecified atom stereocenters. The summed E-state index contributed by atoms with van der Waals surface area (Å²) in [7, 11) is 0. The fourth-order valence-electron chi connectivity index (χ4n) is 1.25. The van der Waals surface area contributed by atoms with Gasteiger partial charge in [-0.15, -0.1) is 11.6 Å². The normalized spacial score (nSPS) is 12.1. The number of alkyl halides is 1. The summed E-state index contributed by atoms with van der Waals surface area (Å²) >= 11 is 5.51. The molecule has 0 aliphatic heterocycles. The molecule has 4 heteroatoms. The van der Waals surface area contributed by atoms with Crippen LogP contribution in [0.4, 0.5) is 0 Å². The molecule has 0 aromatic carbocycles. The highest BCUT2D eigenvalue weighted by molar-refractivity contribution is 6.17. The van der Waals surface area contributed by atoms with Crippen LogP contribution < -0.4 is 5.32 Å². The van der Waals surface area contributed by atoms with Crippen molar-refractivity contribution in [1.82, 2.24) is 10.3 Å². The quantitative estimate of drug-likeness (QED) is 0.783. The van der Waals surface area contributed by atoms with Crippen molar-refractivity contribution in [2.75, 3.05) is 5.88 Å². The van der Waals surface area contributed by atoms with Crippen LogP contribution in [0.15, 0.2) is 24.4 Å². The van der Waals surface area contributed by atoms with Gasteiger partial charge in [-0.2, -0.15) is 0 Å². The maximum atomic E-state index is 11.4. The number of carbonyl (C=O) groups excluding carboxylic acids is 1. The molecule has 3 nitrogen and oxygen atoms in total. The molecule has 1 N–H and O–H groups in total. The number of nitrogens with zero attached hydrogens (tertiary/aromatic N) is 1. The van der Waals surface area contributed by atoms with E-state index in [9.17, 15) is 4.79 Å². The molecule has 15 heavy (non-hydrogen) atoms. The molecule has 1 heterocycles. The largest absolute Gasteiger partial charge is 0.348 e. The van der Waals surface area contributed by atoms with Gasteiger partial charge in [-0.3, -0.25) is 9.78 Å². The Morgan fingerprint density at radius 3 is 3.00 bits per heavy atom. The highest BCUT2D eigenvalue weighted by atomic mass is 35.5. The second kappa shape index (κ2) is 6.40. The lowest BCUT2D eigenvalue weighted by Gasteiger charge is -2.12. The van der Waals surface area contributed by atoms with Crippen molar-refractivity contribution < 1.29 is 4.79 Å². The summed E-state index contributed by atoms with van der Waals surface area (Å²) in [5.41, 5.74) is 0.872. The van der Waals surface area contributed by atoms with Crippen LogP contribution in [0.1, 0.15) is 31.5 Å². The smallest absolute Gasteiger partial charge is 0.220 e. The lowest BCUT2D eigenvalue weighted by Crippen LogP contribution is -2.26. The highest BCUT2D eigenvalue weighted by Crippen LogP contribution is 2.08. The van der Waals surface area contributed by atoms with Crippen molar-refractivity contribution in [2.45, 2.75) is 25.8 Å². The summed E-state index contributed by atoms with van der Waals surface area (Å²) in [5, 5.41) is 2.87. The highest BCUT2D eigenvalue weighted by Gasteiger charge is 2.09. The molecular formula is C11H15ClN2O. The van der Waals surface area contributed by atoms with Gasteiger partial charge in [0.15, 0.2) is 0 Å². The summed E-state index contributed by atoms with van der Waals surface area (Å²) < 4.78 is 0. The molecule has 0 saturated heterocycles. The van der Waals surface area contributed by atoms with Crippen LogP contribution >= 0.6 is 11.6 Å². The molecule has 82 valence electrons. The minimum atomic E-state index is -0.0472. The number of hydrogen-bond acceptors (Lipinski definition) is 2. The molecule has 0 saturated carbocycles. The number of rotatable bonds is 5. The third-order valence-corrected chi connectivity index (χ3v) is 2.31. The molecule has 1 atom stereocenters. The van der Waals surface area contributed by atoms with Gasteiger partial charge in [-0.05, 0) is 25.5 Å². The lowest BCUT2D eigenvalue weighted by atomic mass is 10.2. The molecule has 0 aliphatic rings. The van der Waals surface area contributed by atoms with E-state index < -0.39 is 0 Å². The molecule has 0 spiro atoms. The van der Waals surface area contributed by atoms with Gasteiger partial charge in [0, 0.05) is 18.5 Å². The second-order valence-electron chi connectivity index (χ2n) is 3.34. The molecule has 0 fully saturated rings. The zero-order valence-corrected chi connectivity index (χ0v) is 9.50.